The third-order valence-corrected chi connectivity index (χ3v) is 5.37. The number of rotatable bonds is 3. The molecular formula is C19H30N2. The van der Waals surface area contributed by atoms with Crippen LogP contribution in [0.15, 0.2) is 18.2 Å². The molecule has 116 valence electrons. The quantitative estimate of drug-likeness (QED) is 0.913. The lowest BCUT2D eigenvalue weighted by molar-refractivity contribution is 0.264. The van der Waals surface area contributed by atoms with Gasteiger partial charge in [-0.15, -0.1) is 0 Å². The van der Waals surface area contributed by atoms with Crippen molar-refractivity contribution in [1.29, 1.82) is 0 Å². The summed E-state index contributed by atoms with van der Waals surface area (Å²) in [6, 6.07) is 7.15. The molecule has 1 aromatic carbocycles. The van der Waals surface area contributed by atoms with Crippen molar-refractivity contribution >= 4 is 0 Å². The van der Waals surface area contributed by atoms with Crippen molar-refractivity contribution in [3.05, 3.63) is 34.9 Å². The predicted molar refractivity (Wildman–Crippen MR) is 89.3 cm³/mol. The molecule has 1 saturated heterocycles. The third-order valence-electron chi connectivity index (χ3n) is 5.37. The number of fused-ring (bicyclic) bond motifs is 1. The zero-order chi connectivity index (χ0) is 14.7. The first kappa shape index (κ1) is 15.1. The second-order valence-electron chi connectivity index (χ2n) is 7.24. The van der Waals surface area contributed by atoms with Gasteiger partial charge in [0.05, 0.1) is 0 Å². The van der Waals surface area contributed by atoms with E-state index in [1.807, 2.05) is 0 Å². The highest BCUT2D eigenvalue weighted by molar-refractivity contribution is 5.33. The topological polar surface area (TPSA) is 15.3 Å². The maximum atomic E-state index is 3.49. The summed E-state index contributed by atoms with van der Waals surface area (Å²) in [6.07, 6.45) is 5.36. The van der Waals surface area contributed by atoms with Crippen LogP contribution in [0.4, 0.5) is 0 Å². The van der Waals surface area contributed by atoms with Gasteiger partial charge in [0.1, 0.15) is 0 Å². The van der Waals surface area contributed by atoms with E-state index >= 15 is 0 Å². The molecule has 2 heterocycles. The number of hydrogen-bond donors (Lipinski definition) is 1. The van der Waals surface area contributed by atoms with Gasteiger partial charge in [-0.05, 0) is 73.8 Å². The monoisotopic (exact) mass is 286 g/mol. The Balaban J connectivity index is 1.61. The van der Waals surface area contributed by atoms with Gasteiger partial charge < -0.3 is 5.32 Å². The Bertz CT molecular complexity index is 467. The third kappa shape index (κ3) is 3.87. The van der Waals surface area contributed by atoms with Crippen LogP contribution in [0.2, 0.25) is 0 Å². The Hall–Kier alpha value is -0.860. The molecule has 0 aromatic heterocycles. The molecule has 1 unspecified atom stereocenters. The van der Waals surface area contributed by atoms with Crippen LogP contribution in [0.5, 0.6) is 0 Å². The number of hydrogen-bond acceptors (Lipinski definition) is 2. The summed E-state index contributed by atoms with van der Waals surface area (Å²) in [4.78, 5) is 2.67. The van der Waals surface area contributed by atoms with Crippen molar-refractivity contribution in [2.75, 3.05) is 19.6 Å². The first-order chi connectivity index (χ1) is 10.2. The molecule has 0 saturated carbocycles. The van der Waals surface area contributed by atoms with Crippen molar-refractivity contribution in [3.63, 3.8) is 0 Å². The van der Waals surface area contributed by atoms with Crippen molar-refractivity contribution in [3.8, 4) is 0 Å². The van der Waals surface area contributed by atoms with Gasteiger partial charge in [-0.3, -0.25) is 4.90 Å². The van der Waals surface area contributed by atoms with Crippen LogP contribution in [0.1, 0.15) is 49.8 Å². The summed E-state index contributed by atoms with van der Waals surface area (Å²) in [7, 11) is 0. The van der Waals surface area contributed by atoms with Gasteiger partial charge >= 0.3 is 0 Å². The van der Waals surface area contributed by atoms with E-state index in [9.17, 15) is 0 Å². The first-order valence-corrected chi connectivity index (χ1v) is 8.76. The molecule has 0 aliphatic carbocycles. The van der Waals surface area contributed by atoms with Crippen LogP contribution in [-0.4, -0.2) is 24.5 Å². The summed E-state index contributed by atoms with van der Waals surface area (Å²) < 4.78 is 0. The van der Waals surface area contributed by atoms with Gasteiger partial charge in [0.15, 0.2) is 0 Å². The van der Waals surface area contributed by atoms with Crippen LogP contribution >= 0.6 is 0 Å². The Morgan fingerprint density at radius 3 is 2.95 bits per heavy atom. The highest BCUT2D eigenvalue weighted by atomic mass is 15.1. The molecule has 1 fully saturated rings. The summed E-state index contributed by atoms with van der Waals surface area (Å²) in [5.41, 5.74) is 4.57. The fraction of sp³-hybridized carbons (Fsp3) is 0.684. The zero-order valence-corrected chi connectivity index (χ0v) is 13.7. The first-order valence-electron chi connectivity index (χ1n) is 8.76. The van der Waals surface area contributed by atoms with Gasteiger partial charge in [-0.1, -0.05) is 32.0 Å². The van der Waals surface area contributed by atoms with E-state index in [1.54, 1.807) is 5.56 Å². The van der Waals surface area contributed by atoms with Crippen molar-refractivity contribution in [2.45, 2.75) is 52.6 Å². The molecular weight excluding hydrogens is 256 g/mol. The molecule has 0 spiro atoms. The molecule has 1 aromatic rings. The lowest BCUT2D eigenvalue weighted by Gasteiger charge is -2.23. The predicted octanol–water partition coefficient (Wildman–Crippen LogP) is 3.59. The molecule has 2 aliphatic heterocycles. The van der Waals surface area contributed by atoms with Gasteiger partial charge in [-0.2, -0.15) is 0 Å². The smallest absolute Gasteiger partial charge is 0.0233 e. The lowest BCUT2D eigenvalue weighted by atomic mass is 9.89. The SMILES string of the molecule is CC(C)C1CCCN(Cc2ccc3c(c2)CNCC3)CC1. The Morgan fingerprint density at radius 1 is 1.19 bits per heavy atom. The van der Waals surface area contributed by atoms with Crippen LogP contribution in [0, 0.1) is 11.8 Å². The normalized spacial score (nSPS) is 23.9. The summed E-state index contributed by atoms with van der Waals surface area (Å²) in [5.74, 6) is 1.78. The Labute approximate surface area is 129 Å². The van der Waals surface area contributed by atoms with Crippen molar-refractivity contribution < 1.29 is 0 Å². The minimum atomic E-state index is 0.847. The highest BCUT2D eigenvalue weighted by Gasteiger charge is 2.19. The second-order valence-corrected chi connectivity index (χ2v) is 7.24. The minimum Gasteiger partial charge on any atom is -0.312 e. The maximum absolute atomic E-state index is 3.49. The minimum absolute atomic E-state index is 0.847. The average molecular weight is 286 g/mol. The van der Waals surface area contributed by atoms with E-state index in [1.165, 1.54) is 49.9 Å². The summed E-state index contributed by atoms with van der Waals surface area (Å²) in [5, 5.41) is 3.49. The number of likely N-dealkylation sites (tertiary alicyclic amines) is 1. The van der Waals surface area contributed by atoms with Gasteiger partial charge in [-0.25, -0.2) is 0 Å². The molecule has 1 atom stereocenters. The van der Waals surface area contributed by atoms with Crippen LogP contribution in [0.25, 0.3) is 0 Å². The average Bonchev–Trinajstić information content (AvgIpc) is 2.73. The maximum Gasteiger partial charge on any atom is 0.0233 e. The molecule has 2 nitrogen and oxygen atoms in total. The molecule has 0 bridgehead atoms. The molecule has 0 radical (unpaired) electrons. The van der Waals surface area contributed by atoms with E-state index in [0.717, 1.165) is 31.5 Å². The van der Waals surface area contributed by atoms with Gasteiger partial charge in [0, 0.05) is 13.1 Å². The number of nitrogens with zero attached hydrogens (tertiary/aromatic N) is 1. The molecule has 1 N–H and O–H groups in total. The van der Waals surface area contributed by atoms with E-state index in [0.29, 0.717) is 0 Å². The zero-order valence-electron chi connectivity index (χ0n) is 13.7. The summed E-state index contributed by atoms with van der Waals surface area (Å²) >= 11 is 0. The van der Waals surface area contributed by atoms with Crippen molar-refractivity contribution in [2.24, 2.45) is 11.8 Å². The van der Waals surface area contributed by atoms with Crippen LogP contribution in [0.3, 0.4) is 0 Å². The second kappa shape index (κ2) is 6.93. The van der Waals surface area contributed by atoms with Crippen LogP contribution < -0.4 is 5.32 Å². The van der Waals surface area contributed by atoms with E-state index in [4.69, 9.17) is 0 Å². The standard InChI is InChI=1S/C19H30N2/c1-15(2)17-4-3-10-21(11-8-17)14-16-5-6-18-7-9-20-13-19(18)12-16/h5-6,12,15,17,20H,3-4,7-11,13-14H2,1-2H3. The van der Waals surface area contributed by atoms with E-state index in [2.05, 4.69) is 42.3 Å². The van der Waals surface area contributed by atoms with E-state index in [-0.39, 0.29) is 0 Å². The fourth-order valence-electron chi connectivity index (χ4n) is 3.90. The van der Waals surface area contributed by atoms with Gasteiger partial charge in [0.25, 0.3) is 0 Å². The number of benzene rings is 1. The molecule has 2 heteroatoms. The van der Waals surface area contributed by atoms with Gasteiger partial charge in [0.2, 0.25) is 0 Å². The Morgan fingerprint density at radius 2 is 2.10 bits per heavy atom. The number of nitrogens with one attached hydrogen (secondary N) is 1. The summed E-state index contributed by atoms with van der Waals surface area (Å²) in [6.45, 7) is 10.6. The highest BCUT2D eigenvalue weighted by Crippen LogP contribution is 2.25. The lowest BCUT2D eigenvalue weighted by Crippen LogP contribution is -2.26. The molecule has 21 heavy (non-hydrogen) atoms. The molecule has 0 amide bonds. The largest absolute Gasteiger partial charge is 0.312 e. The van der Waals surface area contributed by atoms with E-state index < -0.39 is 0 Å². The molecule has 3 rings (SSSR count). The Kier molecular flexibility index (Phi) is 4.97. The van der Waals surface area contributed by atoms with Crippen molar-refractivity contribution in [1.82, 2.24) is 10.2 Å². The molecule has 2 aliphatic rings. The van der Waals surface area contributed by atoms with Crippen LogP contribution in [-0.2, 0) is 19.5 Å². The fourth-order valence-corrected chi connectivity index (χ4v) is 3.90.